The Morgan fingerprint density at radius 3 is 2.73 bits per heavy atom. The Labute approximate surface area is 89.6 Å². The van der Waals surface area contributed by atoms with Crippen LogP contribution in [0, 0.1) is 6.07 Å². The molecule has 0 amide bonds. The van der Waals surface area contributed by atoms with Crippen LogP contribution in [0.15, 0.2) is 48.7 Å². The number of nitrogens with zero attached hydrogens (tertiary/aromatic N) is 1. The van der Waals surface area contributed by atoms with E-state index in [0.29, 0.717) is 6.61 Å². The van der Waals surface area contributed by atoms with Crippen LogP contribution < -0.4 is 4.74 Å². The van der Waals surface area contributed by atoms with Gasteiger partial charge >= 0.3 is 0 Å². The summed E-state index contributed by atoms with van der Waals surface area (Å²) >= 11 is 0. The van der Waals surface area contributed by atoms with E-state index >= 15 is 0 Å². The lowest BCUT2D eigenvalue weighted by molar-refractivity contribution is 0.320. The van der Waals surface area contributed by atoms with Crippen molar-refractivity contribution in [2.24, 2.45) is 0 Å². The maximum Gasteiger partial charge on any atom is 0.119 e. The third-order valence-corrected chi connectivity index (χ3v) is 2.04. The summed E-state index contributed by atoms with van der Waals surface area (Å²) in [5, 5.41) is 0. The fourth-order valence-electron chi connectivity index (χ4n) is 1.29. The van der Waals surface area contributed by atoms with Gasteiger partial charge in [-0.3, -0.25) is 4.98 Å². The number of hydrogen-bond donors (Lipinski definition) is 0. The smallest absolute Gasteiger partial charge is 0.119 e. The molecule has 0 aliphatic rings. The van der Waals surface area contributed by atoms with E-state index in [1.165, 1.54) is 0 Å². The molecule has 0 saturated carbocycles. The van der Waals surface area contributed by atoms with Gasteiger partial charge in [0.2, 0.25) is 0 Å². The molecule has 0 spiro atoms. The molecule has 0 aliphatic heterocycles. The minimum atomic E-state index is 0.654. The van der Waals surface area contributed by atoms with Crippen LogP contribution in [0.3, 0.4) is 0 Å². The molecule has 1 radical (unpaired) electrons. The van der Waals surface area contributed by atoms with Crippen LogP contribution in [0.4, 0.5) is 0 Å². The highest BCUT2D eigenvalue weighted by molar-refractivity contribution is 5.20. The molecule has 1 aromatic heterocycles. The standard InChI is InChI=1S/C13H12NO/c1-2-7-13(8-3-1)15-11-9-12-6-4-5-10-14-12/h2-8,10H,9,11H2. The maximum atomic E-state index is 5.55. The van der Waals surface area contributed by atoms with Crippen LogP contribution in [0.1, 0.15) is 5.69 Å². The second kappa shape index (κ2) is 5.15. The van der Waals surface area contributed by atoms with Crippen molar-refractivity contribution in [1.29, 1.82) is 0 Å². The molecule has 2 rings (SSSR count). The van der Waals surface area contributed by atoms with E-state index in [1.807, 2.05) is 42.5 Å². The van der Waals surface area contributed by atoms with Gasteiger partial charge in [-0.15, -0.1) is 0 Å². The first-order valence-electron chi connectivity index (χ1n) is 4.94. The Morgan fingerprint density at radius 1 is 1.13 bits per heavy atom. The van der Waals surface area contributed by atoms with Crippen LogP contribution in [-0.2, 0) is 6.42 Å². The second-order valence-corrected chi connectivity index (χ2v) is 3.16. The minimum absolute atomic E-state index is 0.654. The molecule has 2 aromatic rings. The predicted molar refractivity (Wildman–Crippen MR) is 58.7 cm³/mol. The topological polar surface area (TPSA) is 22.1 Å². The highest BCUT2D eigenvalue weighted by Gasteiger charge is 1.94. The number of rotatable bonds is 4. The summed E-state index contributed by atoms with van der Waals surface area (Å²) in [5.41, 5.74) is 1.06. The molecular weight excluding hydrogens is 186 g/mol. The van der Waals surface area contributed by atoms with Gasteiger partial charge < -0.3 is 4.74 Å². The fourth-order valence-corrected chi connectivity index (χ4v) is 1.29. The monoisotopic (exact) mass is 198 g/mol. The number of hydrogen-bond acceptors (Lipinski definition) is 2. The number of pyridine rings is 1. The van der Waals surface area contributed by atoms with E-state index in [0.717, 1.165) is 17.9 Å². The number of aromatic nitrogens is 1. The largest absolute Gasteiger partial charge is 0.493 e. The third-order valence-electron chi connectivity index (χ3n) is 2.04. The minimum Gasteiger partial charge on any atom is -0.493 e. The first kappa shape index (κ1) is 9.71. The lowest BCUT2D eigenvalue weighted by Gasteiger charge is -2.04. The van der Waals surface area contributed by atoms with Crippen molar-refractivity contribution in [3.8, 4) is 5.75 Å². The average molecular weight is 198 g/mol. The molecule has 2 nitrogen and oxygen atoms in total. The van der Waals surface area contributed by atoms with Gasteiger partial charge in [0, 0.05) is 18.3 Å². The van der Waals surface area contributed by atoms with Crippen molar-refractivity contribution in [3.05, 3.63) is 60.4 Å². The van der Waals surface area contributed by atoms with Crippen molar-refractivity contribution < 1.29 is 4.74 Å². The van der Waals surface area contributed by atoms with Crippen molar-refractivity contribution >= 4 is 0 Å². The SMILES string of the molecule is [c]1ccc(OCCc2ccccn2)cc1. The lowest BCUT2D eigenvalue weighted by Crippen LogP contribution is -2.02. The van der Waals surface area contributed by atoms with E-state index in [2.05, 4.69) is 11.1 Å². The predicted octanol–water partition coefficient (Wildman–Crippen LogP) is 2.50. The Hall–Kier alpha value is -1.83. The van der Waals surface area contributed by atoms with E-state index in [-0.39, 0.29) is 0 Å². The molecular formula is C13H12NO. The summed E-state index contributed by atoms with van der Waals surface area (Å²) in [6, 6.07) is 16.3. The van der Waals surface area contributed by atoms with Crippen LogP contribution in [0.5, 0.6) is 5.75 Å². The van der Waals surface area contributed by atoms with Gasteiger partial charge in [-0.2, -0.15) is 0 Å². The summed E-state index contributed by atoms with van der Waals surface area (Å²) < 4.78 is 5.55. The van der Waals surface area contributed by atoms with Gasteiger partial charge in [-0.05, 0) is 30.3 Å². The van der Waals surface area contributed by atoms with Crippen molar-refractivity contribution in [1.82, 2.24) is 4.98 Å². The van der Waals surface area contributed by atoms with Crippen molar-refractivity contribution in [3.63, 3.8) is 0 Å². The zero-order valence-electron chi connectivity index (χ0n) is 8.39. The molecule has 15 heavy (non-hydrogen) atoms. The molecule has 2 heteroatoms. The highest BCUT2D eigenvalue weighted by atomic mass is 16.5. The van der Waals surface area contributed by atoms with Gasteiger partial charge in [-0.25, -0.2) is 0 Å². The molecule has 1 heterocycles. The van der Waals surface area contributed by atoms with Gasteiger partial charge in [0.15, 0.2) is 0 Å². The zero-order chi connectivity index (χ0) is 10.3. The summed E-state index contributed by atoms with van der Waals surface area (Å²) in [6.45, 7) is 0.654. The molecule has 75 valence electrons. The second-order valence-electron chi connectivity index (χ2n) is 3.16. The molecule has 0 N–H and O–H groups in total. The number of ether oxygens (including phenoxy) is 1. The molecule has 0 atom stereocenters. The van der Waals surface area contributed by atoms with E-state index in [4.69, 9.17) is 4.74 Å². The van der Waals surface area contributed by atoms with Gasteiger partial charge in [0.05, 0.1) is 6.61 Å². The van der Waals surface area contributed by atoms with E-state index in [9.17, 15) is 0 Å². The molecule has 0 saturated heterocycles. The molecule has 0 unspecified atom stereocenters. The van der Waals surface area contributed by atoms with Crippen LogP contribution in [-0.4, -0.2) is 11.6 Å². The Bertz CT molecular complexity index is 346. The van der Waals surface area contributed by atoms with Crippen molar-refractivity contribution in [2.45, 2.75) is 6.42 Å². The van der Waals surface area contributed by atoms with Crippen LogP contribution in [0.2, 0.25) is 0 Å². The Balaban J connectivity index is 1.81. The summed E-state index contributed by atoms with van der Waals surface area (Å²) in [4.78, 5) is 4.22. The summed E-state index contributed by atoms with van der Waals surface area (Å²) in [5.74, 6) is 0.879. The summed E-state index contributed by atoms with van der Waals surface area (Å²) in [6.07, 6.45) is 2.63. The van der Waals surface area contributed by atoms with Gasteiger partial charge in [0.25, 0.3) is 0 Å². The quantitative estimate of drug-likeness (QED) is 0.753. The van der Waals surface area contributed by atoms with E-state index < -0.39 is 0 Å². The third kappa shape index (κ3) is 3.09. The highest BCUT2D eigenvalue weighted by Crippen LogP contribution is 2.08. The normalized spacial score (nSPS) is 9.87. The van der Waals surface area contributed by atoms with Gasteiger partial charge in [-0.1, -0.05) is 18.2 Å². The summed E-state index contributed by atoms with van der Waals surface area (Å²) in [7, 11) is 0. The lowest BCUT2D eigenvalue weighted by atomic mass is 10.3. The first-order valence-corrected chi connectivity index (χ1v) is 4.94. The van der Waals surface area contributed by atoms with Crippen molar-refractivity contribution in [2.75, 3.05) is 6.61 Å². The van der Waals surface area contributed by atoms with Gasteiger partial charge in [0.1, 0.15) is 5.75 Å². The van der Waals surface area contributed by atoms with Crippen LogP contribution in [0.25, 0.3) is 0 Å². The van der Waals surface area contributed by atoms with E-state index in [1.54, 1.807) is 6.20 Å². The Morgan fingerprint density at radius 2 is 2.00 bits per heavy atom. The zero-order valence-corrected chi connectivity index (χ0v) is 8.39. The molecule has 0 fully saturated rings. The van der Waals surface area contributed by atoms with Crippen LogP contribution >= 0.6 is 0 Å². The average Bonchev–Trinajstić information content (AvgIpc) is 2.32. The number of benzene rings is 1. The first-order chi connectivity index (χ1) is 7.45. The molecule has 0 bridgehead atoms. The maximum absolute atomic E-state index is 5.55. The Kier molecular flexibility index (Phi) is 3.34. The molecule has 1 aromatic carbocycles. The fraction of sp³-hybridized carbons (Fsp3) is 0.154. The molecule has 0 aliphatic carbocycles.